The van der Waals surface area contributed by atoms with Gasteiger partial charge in [-0.15, -0.1) is 0 Å². The minimum absolute atomic E-state index is 1.30. The number of fused-ring (bicyclic) bond motifs is 7. The van der Waals surface area contributed by atoms with Gasteiger partial charge in [0.25, 0.3) is 0 Å². The molecule has 0 bridgehead atoms. The van der Waals surface area contributed by atoms with Gasteiger partial charge in [-0.05, 0) is 55.6 Å². The number of benzene rings is 5. The van der Waals surface area contributed by atoms with Gasteiger partial charge in [0.05, 0.1) is 0 Å². The highest BCUT2D eigenvalue weighted by Crippen LogP contribution is 2.37. The summed E-state index contributed by atoms with van der Waals surface area (Å²) in [5.41, 5.74) is 1.34. The number of hydrogen-bond donors (Lipinski definition) is 0. The Bertz CT molecular complexity index is 1210. The topological polar surface area (TPSA) is 0 Å². The van der Waals surface area contributed by atoms with Crippen molar-refractivity contribution in [1.82, 2.24) is 0 Å². The van der Waals surface area contributed by atoms with Crippen LogP contribution in [0.25, 0.3) is 43.1 Å². The maximum absolute atomic E-state index is 2.30. The monoisotopic (exact) mass is 292 g/mol. The maximum atomic E-state index is 2.30. The van der Waals surface area contributed by atoms with Crippen molar-refractivity contribution in [2.24, 2.45) is 0 Å². The van der Waals surface area contributed by atoms with Crippen molar-refractivity contribution in [2.75, 3.05) is 0 Å². The summed E-state index contributed by atoms with van der Waals surface area (Å²) in [6, 6.07) is 28.7. The summed E-state index contributed by atoms with van der Waals surface area (Å²) in [6.45, 7) is 2.21. The molecule has 0 fully saturated rings. The Labute approximate surface area is 135 Å². The van der Waals surface area contributed by atoms with Crippen LogP contribution in [0.1, 0.15) is 5.56 Å². The average Bonchev–Trinajstić information content (AvgIpc) is 2.61. The molecule has 0 heteroatoms. The van der Waals surface area contributed by atoms with E-state index < -0.39 is 0 Å². The molecule has 0 aliphatic carbocycles. The summed E-state index contributed by atoms with van der Waals surface area (Å²) in [5.74, 6) is 0. The molecule has 0 saturated heterocycles. The van der Waals surface area contributed by atoms with Gasteiger partial charge in [-0.2, -0.15) is 0 Å². The molecule has 5 aromatic rings. The van der Waals surface area contributed by atoms with Crippen LogP contribution in [0.15, 0.2) is 78.9 Å². The Hall–Kier alpha value is -2.86. The Morgan fingerprint density at radius 1 is 0.478 bits per heavy atom. The lowest BCUT2D eigenvalue weighted by Gasteiger charge is -2.13. The van der Waals surface area contributed by atoms with Crippen molar-refractivity contribution in [2.45, 2.75) is 6.92 Å². The molecule has 0 radical (unpaired) electrons. The summed E-state index contributed by atoms with van der Waals surface area (Å²) >= 11 is 0. The van der Waals surface area contributed by atoms with Gasteiger partial charge in [0, 0.05) is 0 Å². The lowest BCUT2D eigenvalue weighted by atomic mass is 9.91. The van der Waals surface area contributed by atoms with E-state index in [9.17, 15) is 0 Å². The Balaban J connectivity index is 2.21. The lowest BCUT2D eigenvalue weighted by molar-refractivity contribution is 1.56. The van der Waals surface area contributed by atoms with E-state index in [2.05, 4.69) is 85.8 Å². The zero-order valence-electron chi connectivity index (χ0n) is 13.0. The Morgan fingerprint density at radius 3 is 1.91 bits per heavy atom. The van der Waals surface area contributed by atoms with E-state index in [1.165, 1.54) is 48.7 Å². The number of hydrogen-bond acceptors (Lipinski definition) is 0. The van der Waals surface area contributed by atoms with Crippen LogP contribution in [0.3, 0.4) is 0 Å². The zero-order chi connectivity index (χ0) is 15.4. The van der Waals surface area contributed by atoms with Gasteiger partial charge in [-0.3, -0.25) is 0 Å². The first-order valence-corrected chi connectivity index (χ1v) is 8.05. The molecule has 0 unspecified atom stereocenters. The van der Waals surface area contributed by atoms with Gasteiger partial charge >= 0.3 is 0 Å². The minimum atomic E-state index is 1.30. The van der Waals surface area contributed by atoms with Crippen LogP contribution in [-0.4, -0.2) is 0 Å². The van der Waals surface area contributed by atoms with Gasteiger partial charge in [-0.25, -0.2) is 0 Å². The van der Waals surface area contributed by atoms with Crippen molar-refractivity contribution in [1.29, 1.82) is 0 Å². The third-order valence-electron chi connectivity index (χ3n) is 4.94. The molecule has 0 amide bonds. The maximum Gasteiger partial charge on any atom is -0.00179 e. The molecule has 0 heterocycles. The second-order valence-corrected chi connectivity index (χ2v) is 6.29. The van der Waals surface area contributed by atoms with Crippen molar-refractivity contribution < 1.29 is 0 Å². The number of rotatable bonds is 0. The van der Waals surface area contributed by atoms with Gasteiger partial charge in [0.1, 0.15) is 0 Å². The van der Waals surface area contributed by atoms with Crippen LogP contribution in [0.4, 0.5) is 0 Å². The van der Waals surface area contributed by atoms with E-state index in [0.29, 0.717) is 0 Å². The molecule has 108 valence electrons. The van der Waals surface area contributed by atoms with Gasteiger partial charge in [-0.1, -0.05) is 78.9 Å². The van der Waals surface area contributed by atoms with E-state index in [-0.39, 0.29) is 0 Å². The van der Waals surface area contributed by atoms with Crippen molar-refractivity contribution in [3.8, 4) is 0 Å². The predicted molar refractivity (Wildman–Crippen MR) is 101 cm³/mol. The smallest absolute Gasteiger partial charge is 0.00179 e. The molecule has 5 aromatic carbocycles. The van der Waals surface area contributed by atoms with E-state index in [1.807, 2.05) is 0 Å². The molecule has 0 aliphatic heterocycles. The normalized spacial score (nSPS) is 11.7. The third-order valence-corrected chi connectivity index (χ3v) is 4.94. The van der Waals surface area contributed by atoms with E-state index in [1.54, 1.807) is 0 Å². The van der Waals surface area contributed by atoms with Crippen molar-refractivity contribution >= 4 is 43.1 Å². The highest BCUT2D eigenvalue weighted by atomic mass is 14.1. The summed E-state index contributed by atoms with van der Waals surface area (Å²) < 4.78 is 0. The van der Waals surface area contributed by atoms with Crippen LogP contribution in [0, 0.1) is 6.92 Å². The molecule has 0 aromatic heterocycles. The molecular formula is C23H16. The molecule has 0 aliphatic rings. The van der Waals surface area contributed by atoms with Gasteiger partial charge in [0.15, 0.2) is 0 Å². The highest BCUT2D eigenvalue weighted by molar-refractivity contribution is 6.27. The lowest BCUT2D eigenvalue weighted by Crippen LogP contribution is -1.86. The van der Waals surface area contributed by atoms with Crippen LogP contribution in [-0.2, 0) is 0 Å². The van der Waals surface area contributed by atoms with Crippen molar-refractivity contribution in [3.05, 3.63) is 84.4 Å². The van der Waals surface area contributed by atoms with Crippen molar-refractivity contribution in [3.63, 3.8) is 0 Å². The van der Waals surface area contributed by atoms with E-state index >= 15 is 0 Å². The van der Waals surface area contributed by atoms with Crippen LogP contribution >= 0.6 is 0 Å². The zero-order valence-corrected chi connectivity index (χ0v) is 13.0. The SMILES string of the molecule is Cc1cc2ccccc2c2c1ccc1ccc3ccccc3c12. The molecule has 5 rings (SSSR count). The van der Waals surface area contributed by atoms with Crippen LogP contribution < -0.4 is 0 Å². The fourth-order valence-corrected chi connectivity index (χ4v) is 3.87. The average molecular weight is 292 g/mol. The highest BCUT2D eigenvalue weighted by Gasteiger charge is 2.10. The Kier molecular flexibility index (Phi) is 2.51. The Morgan fingerprint density at radius 2 is 1.09 bits per heavy atom. The van der Waals surface area contributed by atoms with Gasteiger partial charge in [0.2, 0.25) is 0 Å². The fraction of sp³-hybridized carbons (Fsp3) is 0.0435. The molecule has 0 N–H and O–H groups in total. The minimum Gasteiger partial charge on any atom is -0.0616 e. The fourth-order valence-electron chi connectivity index (χ4n) is 3.87. The molecule has 0 spiro atoms. The van der Waals surface area contributed by atoms with E-state index in [4.69, 9.17) is 0 Å². The van der Waals surface area contributed by atoms with E-state index in [0.717, 1.165) is 0 Å². The summed E-state index contributed by atoms with van der Waals surface area (Å²) in [6.07, 6.45) is 0. The molecular weight excluding hydrogens is 276 g/mol. The van der Waals surface area contributed by atoms with Crippen LogP contribution in [0.2, 0.25) is 0 Å². The van der Waals surface area contributed by atoms with Gasteiger partial charge < -0.3 is 0 Å². The largest absolute Gasteiger partial charge is 0.0616 e. The summed E-state index contributed by atoms with van der Waals surface area (Å²) in [5, 5.41) is 10.7. The molecule has 0 saturated carbocycles. The molecule has 0 nitrogen and oxygen atoms in total. The first-order chi connectivity index (χ1) is 11.3. The summed E-state index contributed by atoms with van der Waals surface area (Å²) in [4.78, 5) is 0. The number of aryl methyl sites for hydroxylation is 1. The quantitative estimate of drug-likeness (QED) is 0.282. The first kappa shape index (κ1) is 12.7. The van der Waals surface area contributed by atoms with Crippen LogP contribution in [0.5, 0.6) is 0 Å². The second kappa shape index (κ2) is 4.57. The third kappa shape index (κ3) is 1.72. The predicted octanol–water partition coefficient (Wildman–Crippen LogP) is 6.61. The first-order valence-electron chi connectivity index (χ1n) is 8.05. The molecule has 0 atom stereocenters. The second-order valence-electron chi connectivity index (χ2n) is 6.29. The summed E-state index contributed by atoms with van der Waals surface area (Å²) in [7, 11) is 0. The standard InChI is InChI=1S/C23H16/c1-15-14-18-7-3-5-9-21(18)23-19(15)13-12-17-11-10-16-6-2-4-8-20(16)22(17)23/h2-14H,1H3. The molecule has 23 heavy (non-hydrogen) atoms.